The first-order chi connectivity index (χ1) is 7.82. The van der Waals surface area contributed by atoms with Crippen molar-refractivity contribution in [2.75, 3.05) is 6.61 Å². The maximum Gasteiger partial charge on any atom is 0.331 e. The molecule has 3 atom stereocenters. The van der Waals surface area contributed by atoms with Crippen molar-refractivity contribution in [3.05, 3.63) is 0 Å². The quantitative estimate of drug-likeness (QED) is 0.746. The number of rotatable bonds is 5. The topological polar surface area (TPSA) is 55.4 Å². The number of carbonyl (C=O) groups excluding carboxylic acids is 2. The lowest BCUT2D eigenvalue weighted by atomic mass is 9.88. The van der Waals surface area contributed by atoms with E-state index in [2.05, 4.69) is 5.32 Å². The summed E-state index contributed by atoms with van der Waals surface area (Å²) in [5, 5.41) is 2.86. The smallest absolute Gasteiger partial charge is 0.331 e. The van der Waals surface area contributed by atoms with Gasteiger partial charge in [-0.1, -0.05) is 20.8 Å². The Morgan fingerprint density at radius 3 is 2.35 bits per heavy atom. The van der Waals surface area contributed by atoms with E-state index in [1.807, 2.05) is 20.8 Å². The Bertz CT molecular complexity index is 314. The summed E-state index contributed by atoms with van der Waals surface area (Å²) < 4.78 is 5.04. The van der Waals surface area contributed by atoms with Crippen LogP contribution in [0.1, 0.15) is 41.0 Å². The molecular formula is C13H23NO3. The lowest BCUT2D eigenvalue weighted by Gasteiger charge is -2.32. The van der Waals surface area contributed by atoms with Crippen LogP contribution in [0.5, 0.6) is 0 Å². The molecule has 1 fully saturated rings. The molecule has 0 aliphatic heterocycles. The Kier molecular flexibility index (Phi) is 4.17. The fraction of sp³-hybridized carbons (Fsp3) is 0.846. The molecule has 0 aromatic rings. The van der Waals surface area contributed by atoms with E-state index in [0.717, 1.165) is 6.42 Å². The number of esters is 1. The van der Waals surface area contributed by atoms with E-state index < -0.39 is 5.54 Å². The highest BCUT2D eigenvalue weighted by Gasteiger charge is 2.45. The van der Waals surface area contributed by atoms with Gasteiger partial charge in [0.15, 0.2) is 0 Å². The molecule has 0 unspecified atom stereocenters. The van der Waals surface area contributed by atoms with Crippen molar-refractivity contribution in [3.63, 3.8) is 0 Å². The van der Waals surface area contributed by atoms with Crippen LogP contribution >= 0.6 is 0 Å². The molecule has 1 rings (SSSR count). The van der Waals surface area contributed by atoms with E-state index in [0.29, 0.717) is 12.5 Å². The third-order valence-corrected chi connectivity index (χ3v) is 3.68. The molecule has 98 valence electrons. The van der Waals surface area contributed by atoms with Gasteiger partial charge in [-0.15, -0.1) is 0 Å². The van der Waals surface area contributed by atoms with Gasteiger partial charge < -0.3 is 10.1 Å². The normalized spacial score (nSPS) is 26.2. The molecule has 0 saturated heterocycles. The second-order valence-corrected chi connectivity index (χ2v) is 5.39. The molecule has 1 aliphatic rings. The van der Waals surface area contributed by atoms with Crippen molar-refractivity contribution in [1.29, 1.82) is 0 Å². The summed E-state index contributed by atoms with van der Waals surface area (Å²) in [7, 11) is 0. The van der Waals surface area contributed by atoms with Gasteiger partial charge in [0.1, 0.15) is 5.54 Å². The Morgan fingerprint density at radius 2 is 2.00 bits per heavy atom. The molecular weight excluding hydrogens is 218 g/mol. The van der Waals surface area contributed by atoms with Crippen molar-refractivity contribution in [2.45, 2.75) is 46.6 Å². The highest BCUT2D eigenvalue weighted by Crippen LogP contribution is 2.38. The van der Waals surface area contributed by atoms with Crippen LogP contribution in [-0.4, -0.2) is 24.0 Å². The van der Waals surface area contributed by atoms with Crippen LogP contribution in [0.25, 0.3) is 0 Å². The average Bonchev–Trinajstić information content (AvgIpc) is 2.95. The van der Waals surface area contributed by atoms with Crippen LogP contribution < -0.4 is 5.32 Å². The lowest BCUT2D eigenvalue weighted by Crippen LogP contribution is -2.57. The van der Waals surface area contributed by atoms with Crippen LogP contribution in [0.4, 0.5) is 0 Å². The summed E-state index contributed by atoms with van der Waals surface area (Å²) in [5.74, 6) is 0.133. The van der Waals surface area contributed by atoms with E-state index in [-0.39, 0.29) is 23.7 Å². The minimum atomic E-state index is -0.921. The van der Waals surface area contributed by atoms with Gasteiger partial charge >= 0.3 is 5.97 Å². The Balaban J connectivity index is 2.71. The van der Waals surface area contributed by atoms with Crippen molar-refractivity contribution in [3.8, 4) is 0 Å². The molecule has 0 aromatic heterocycles. The SMILES string of the molecule is CCOC(=O)[C@](C)(NC(=O)[C@@H]1C[C@H]1C)C(C)C. The average molecular weight is 241 g/mol. The van der Waals surface area contributed by atoms with Crippen LogP contribution in [0.3, 0.4) is 0 Å². The molecule has 0 radical (unpaired) electrons. The van der Waals surface area contributed by atoms with Gasteiger partial charge in [-0.3, -0.25) is 4.79 Å². The first kappa shape index (κ1) is 14.0. The largest absolute Gasteiger partial charge is 0.464 e. The summed E-state index contributed by atoms with van der Waals surface area (Å²) in [5.41, 5.74) is -0.921. The van der Waals surface area contributed by atoms with Crippen LogP contribution in [-0.2, 0) is 14.3 Å². The molecule has 0 bridgehead atoms. The zero-order chi connectivity index (χ0) is 13.2. The zero-order valence-corrected chi connectivity index (χ0v) is 11.4. The second kappa shape index (κ2) is 5.07. The Morgan fingerprint density at radius 1 is 1.47 bits per heavy atom. The van der Waals surface area contributed by atoms with Gasteiger partial charge in [0.05, 0.1) is 6.61 Å². The van der Waals surface area contributed by atoms with Gasteiger partial charge in [-0.2, -0.15) is 0 Å². The molecule has 0 heterocycles. The van der Waals surface area contributed by atoms with Gasteiger partial charge in [0, 0.05) is 5.92 Å². The third-order valence-electron chi connectivity index (χ3n) is 3.68. The van der Waals surface area contributed by atoms with Gasteiger partial charge in [-0.05, 0) is 32.1 Å². The van der Waals surface area contributed by atoms with E-state index in [9.17, 15) is 9.59 Å². The second-order valence-electron chi connectivity index (χ2n) is 5.39. The van der Waals surface area contributed by atoms with Crippen molar-refractivity contribution in [1.82, 2.24) is 5.32 Å². The fourth-order valence-electron chi connectivity index (χ4n) is 1.75. The molecule has 4 heteroatoms. The summed E-state index contributed by atoms with van der Waals surface area (Å²) in [6.45, 7) is 9.70. The lowest BCUT2D eigenvalue weighted by molar-refractivity contribution is -0.155. The molecule has 1 amide bonds. The first-order valence-corrected chi connectivity index (χ1v) is 6.32. The monoisotopic (exact) mass is 241 g/mol. The van der Waals surface area contributed by atoms with Crippen LogP contribution in [0.15, 0.2) is 0 Å². The van der Waals surface area contributed by atoms with Crippen molar-refractivity contribution < 1.29 is 14.3 Å². The highest BCUT2D eigenvalue weighted by molar-refractivity contribution is 5.90. The number of amides is 1. The standard InChI is InChI=1S/C13H23NO3/c1-6-17-12(16)13(5,8(2)3)14-11(15)10-7-9(10)4/h8-10H,6-7H2,1-5H3,(H,14,15)/t9-,10-,13-/m1/s1. The van der Waals surface area contributed by atoms with E-state index in [4.69, 9.17) is 4.74 Å². The minimum absolute atomic E-state index is 0.000411. The molecule has 1 saturated carbocycles. The number of nitrogens with one attached hydrogen (secondary N) is 1. The van der Waals surface area contributed by atoms with Gasteiger partial charge in [-0.25, -0.2) is 4.79 Å². The summed E-state index contributed by atoms with van der Waals surface area (Å²) in [6, 6.07) is 0. The molecule has 17 heavy (non-hydrogen) atoms. The van der Waals surface area contributed by atoms with Gasteiger partial charge in [0.2, 0.25) is 5.91 Å². The predicted molar refractivity (Wildman–Crippen MR) is 65.3 cm³/mol. The fourth-order valence-corrected chi connectivity index (χ4v) is 1.75. The van der Waals surface area contributed by atoms with E-state index >= 15 is 0 Å². The predicted octanol–water partition coefficient (Wildman–Crippen LogP) is 1.74. The van der Waals surface area contributed by atoms with Crippen molar-refractivity contribution in [2.24, 2.45) is 17.8 Å². The Hall–Kier alpha value is -1.06. The van der Waals surface area contributed by atoms with Crippen LogP contribution in [0.2, 0.25) is 0 Å². The van der Waals surface area contributed by atoms with E-state index in [1.165, 1.54) is 0 Å². The molecule has 4 nitrogen and oxygen atoms in total. The number of carbonyl (C=O) groups is 2. The van der Waals surface area contributed by atoms with Gasteiger partial charge in [0.25, 0.3) is 0 Å². The third kappa shape index (κ3) is 2.99. The maximum atomic E-state index is 11.9. The van der Waals surface area contributed by atoms with E-state index in [1.54, 1.807) is 13.8 Å². The van der Waals surface area contributed by atoms with Crippen molar-refractivity contribution >= 4 is 11.9 Å². The molecule has 1 aliphatic carbocycles. The molecule has 0 spiro atoms. The molecule has 1 N–H and O–H groups in total. The van der Waals surface area contributed by atoms with Crippen LogP contribution in [0, 0.1) is 17.8 Å². The summed E-state index contributed by atoms with van der Waals surface area (Å²) in [6.07, 6.45) is 0.919. The zero-order valence-electron chi connectivity index (χ0n) is 11.4. The highest BCUT2D eigenvalue weighted by atomic mass is 16.5. The first-order valence-electron chi connectivity index (χ1n) is 6.32. The summed E-state index contributed by atoms with van der Waals surface area (Å²) >= 11 is 0. The molecule has 0 aromatic carbocycles. The number of hydrogen-bond acceptors (Lipinski definition) is 3. The minimum Gasteiger partial charge on any atom is -0.464 e. The Labute approximate surface area is 103 Å². The maximum absolute atomic E-state index is 11.9. The number of ether oxygens (including phenoxy) is 1. The number of hydrogen-bond donors (Lipinski definition) is 1. The summed E-state index contributed by atoms with van der Waals surface area (Å²) in [4.78, 5) is 23.9.